The van der Waals surface area contributed by atoms with E-state index in [9.17, 15) is 14.7 Å². The Bertz CT molecular complexity index is 233. The van der Waals surface area contributed by atoms with Gasteiger partial charge in [-0.2, -0.15) is 0 Å². The standard InChI is InChI=1S/C10H19NO4S/c1-7(12)8(2)16-6-9(13)11-5-3-4-10(14)15/h7-8,12H,3-6H2,1-2H3,(H,11,13)(H,14,15). The fourth-order valence-corrected chi connectivity index (χ4v) is 1.66. The maximum atomic E-state index is 11.3. The van der Waals surface area contributed by atoms with E-state index in [2.05, 4.69) is 5.32 Å². The highest BCUT2D eigenvalue weighted by Crippen LogP contribution is 2.13. The number of rotatable bonds is 8. The molecule has 0 saturated carbocycles. The van der Waals surface area contributed by atoms with Gasteiger partial charge >= 0.3 is 5.97 Å². The maximum absolute atomic E-state index is 11.3. The smallest absolute Gasteiger partial charge is 0.303 e. The van der Waals surface area contributed by atoms with Crippen molar-refractivity contribution < 1.29 is 19.8 Å². The van der Waals surface area contributed by atoms with Crippen LogP contribution in [0, 0.1) is 0 Å². The van der Waals surface area contributed by atoms with Crippen molar-refractivity contribution in [3.63, 3.8) is 0 Å². The van der Waals surface area contributed by atoms with E-state index in [1.165, 1.54) is 11.8 Å². The molecule has 6 heteroatoms. The second-order valence-electron chi connectivity index (χ2n) is 3.60. The third-order valence-corrected chi connectivity index (χ3v) is 3.39. The van der Waals surface area contributed by atoms with Crippen LogP contribution in [-0.2, 0) is 9.59 Å². The van der Waals surface area contributed by atoms with Crippen molar-refractivity contribution in [3.8, 4) is 0 Å². The number of carboxylic acids is 1. The summed E-state index contributed by atoms with van der Waals surface area (Å²) in [6, 6.07) is 0. The number of hydrogen-bond acceptors (Lipinski definition) is 4. The molecular weight excluding hydrogens is 230 g/mol. The van der Waals surface area contributed by atoms with Crippen molar-refractivity contribution in [3.05, 3.63) is 0 Å². The normalized spacial score (nSPS) is 14.2. The summed E-state index contributed by atoms with van der Waals surface area (Å²) >= 11 is 1.38. The number of thioether (sulfide) groups is 1. The predicted molar refractivity (Wildman–Crippen MR) is 63.5 cm³/mol. The van der Waals surface area contributed by atoms with Crippen LogP contribution in [0.4, 0.5) is 0 Å². The van der Waals surface area contributed by atoms with Crippen LogP contribution in [0.5, 0.6) is 0 Å². The van der Waals surface area contributed by atoms with E-state index in [0.717, 1.165) is 0 Å². The van der Waals surface area contributed by atoms with Crippen molar-refractivity contribution in [1.29, 1.82) is 0 Å². The Morgan fingerprint density at radius 2 is 2.00 bits per heavy atom. The van der Waals surface area contributed by atoms with E-state index < -0.39 is 12.1 Å². The topological polar surface area (TPSA) is 86.6 Å². The molecule has 16 heavy (non-hydrogen) atoms. The third-order valence-electron chi connectivity index (χ3n) is 2.05. The SMILES string of the molecule is CC(O)C(C)SCC(=O)NCCCC(=O)O. The number of carbonyl (C=O) groups excluding carboxylic acids is 1. The zero-order valence-corrected chi connectivity index (χ0v) is 10.4. The van der Waals surface area contributed by atoms with Crippen molar-refractivity contribution >= 4 is 23.6 Å². The fraction of sp³-hybridized carbons (Fsp3) is 0.800. The van der Waals surface area contributed by atoms with Gasteiger partial charge in [0.1, 0.15) is 0 Å². The Hall–Kier alpha value is -0.750. The first kappa shape index (κ1) is 15.2. The molecule has 5 nitrogen and oxygen atoms in total. The van der Waals surface area contributed by atoms with Gasteiger partial charge in [-0.15, -0.1) is 11.8 Å². The number of aliphatic carboxylic acids is 1. The molecule has 0 saturated heterocycles. The van der Waals surface area contributed by atoms with Gasteiger partial charge in [0.25, 0.3) is 0 Å². The molecule has 0 aliphatic rings. The van der Waals surface area contributed by atoms with Crippen LogP contribution in [0.15, 0.2) is 0 Å². The monoisotopic (exact) mass is 249 g/mol. The van der Waals surface area contributed by atoms with Crippen LogP contribution in [-0.4, -0.2) is 45.7 Å². The van der Waals surface area contributed by atoms with Gasteiger partial charge in [-0.3, -0.25) is 9.59 Å². The summed E-state index contributed by atoms with van der Waals surface area (Å²) in [5, 5.41) is 20.2. The molecule has 0 bridgehead atoms. The lowest BCUT2D eigenvalue weighted by Gasteiger charge is -2.13. The highest BCUT2D eigenvalue weighted by molar-refractivity contribution is 8.00. The number of carbonyl (C=O) groups is 2. The molecule has 0 rings (SSSR count). The zero-order valence-electron chi connectivity index (χ0n) is 9.60. The Morgan fingerprint density at radius 3 is 2.50 bits per heavy atom. The van der Waals surface area contributed by atoms with Gasteiger partial charge in [-0.25, -0.2) is 0 Å². The van der Waals surface area contributed by atoms with Gasteiger partial charge in [0, 0.05) is 18.2 Å². The fourth-order valence-electron chi connectivity index (χ4n) is 0.865. The second-order valence-corrected chi connectivity index (χ2v) is 4.97. The summed E-state index contributed by atoms with van der Waals surface area (Å²) in [7, 11) is 0. The largest absolute Gasteiger partial charge is 0.481 e. The molecule has 0 aromatic rings. The molecule has 94 valence electrons. The Morgan fingerprint density at radius 1 is 1.38 bits per heavy atom. The van der Waals surface area contributed by atoms with Crippen LogP contribution in [0.1, 0.15) is 26.7 Å². The Kier molecular flexibility index (Phi) is 8.01. The van der Waals surface area contributed by atoms with Gasteiger partial charge < -0.3 is 15.5 Å². The molecule has 0 aliphatic carbocycles. The molecule has 0 spiro atoms. The van der Waals surface area contributed by atoms with E-state index in [4.69, 9.17) is 5.11 Å². The maximum Gasteiger partial charge on any atom is 0.303 e. The lowest BCUT2D eigenvalue weighted by Crippen LogP contribution is -2.28. The quantitative estimate of drug-likeness (QED) is 0.544. The van der Waals surface area contributed by atoms with Crippen LogP contribution in [0.25, 0.3) is 0 Å². The van der Waals surface area contributed by atoms with Crippen LogP contribution in [0.2, 0.25) is 0 Å². The second kappa shape index (κ2) is 8.41. The van der Waals surface area contributed by atoms with Crippen molar-refractivity contribution in [1.82, 2.24) is 5.32 Å². The van der Waals surface area contributed by atoms with E-state index in [0.29, 0.717) is 18.7 Å². The Balaban J connectivity index is 3.48. The molecule has 3 N–H and O–H groups in total. The number of hydrogen-bond donors (Lipinski definition) is 3. The summed E-state index contributed by atoms with van der Waals surface area (Å²) in [6.45, 7) is 3.92. The summed E-state index contributed by atoms with van der Waals surface area (Å²) in [5.74, 6) is -0.687. The first-order valence-electron chi connectivity index (χ1n) is 5.21. The first-order chi connectivity index (χ1) is 7.43. The summed E-state index contributed by atoms with van der Waals surface area (Å²) in [5.41, 5.74) is 0. The average molecular weight is 249 g/mol. The minimum atomic E-state index is -0.855. The molecule has 1 amide bonds. The number of aliphatic hydroxyl groups excluding tert-OH is 1. The number of carboxylic acid groups (broad SMARTS) is 1. The molecule has 2 atom stereocenters. The summed E-state index contributed by atoms with van der Waals surface area (Å²) < 4.78 is 0. The van der Waals surface area contributed by atoms with Gasteiger partial charge in [-0.1, -0.05) is 6.92 Å². The van der Waals surface area contributed by atoms with E-state index in [1.54, 1.807) is 6.92 Å². The van der Waals surface area contributed by atoms with E-state index in [1.807, 2.05) is 6.92 Å². The van der Waals surface area contributed by atoms with Crippen molar-refractivity contribution in [2.24, 2.45) is 0 Å². The van der Waals surface area contributed by atoms with Crippen LogP contribution < -0.4 is 5.32 Å². The van der Waals surface area contributed by atoms with Gasteiger partial charge in [0.2, 0.25) is 5.91 Å². The van der Waals surface area contributed by atoms with Gasteiger partial charge in [0.15, 0.2) is 0 Å². The average Bonchev–Trinajstić information content (AvgIpc) is 2.20. The summed E-state index contributed by atoms with van der Waals surface area (Å²) in [6.07, 6.45) is 0.0691. The van der Waals surface area contributed by atoms with E-state index >= 15 is 0 Å². The molecule has 2 unspecified atom stereocenters. The molecule has 0 radical (unpaired) electrons. The highest BCUT2D eigenvalue weighted by atomic mass is 32.2. The van der Waals surface area contributed by atoms with Crippen molar-refractivity contribution in [2.45, 2.75) is 38.0 Å². The van der Waals surface area contributed by atoms with E-state index in [-0.39, 0.29) is 17.6 Å². The minimum absolute atomic E-state index is 0.0183. The highest BCUT2D eigenvalue weighted by Gasteiger charge is 2.11. The number of amides is 1. The first-order valence-corrected chi connectivity index (χ1v) is 6.26. The predicted octanol–water partition coefficient (Wildman–Crippen LogP) is 0.470. The van der Waals surface area contributed by atoms with Crippen LogP contribution in [0.3, 0.4) is 0 Å². The molecular formula is C10H19NO4S. The molecule has 0 aromatic carbocycles. The van der Waals surface area contributed by atoms with Gasteiger partial charge in [-0.05, 0) is 13.3 Å². The zero-order chi connectivity index (χ0) is 12.6. The third kappa shape index (κ3) is 8.55. The van der Waals surface area contributed by atoms with Gasteiger partial charge in [0.05, 0.1) is 11.9 Å². The number of aliphatic hydroxyl groups is 1. The van der Waals surface area contributed by atoms with Crippen LogP contribution >= 0.6 is 11.8 Å². The molecule has 0 fully saturated rings. The minimum Gasteiger partial charge on any atom is -0.481 e. The number of nitrogens with one attached hydrogen (secondary N) is 1. The summed E-state index contributed by atoms with van der Waals surface area (Å²) in [4.78, 5) is 21.4. The lowest BCUT2D eigenvalue weighted by atomic mass is 10.3. The molecule has 0 heterocycles. The lowest BCUT2D eigenvalue weighted by molar-refractivity contribution is -0.137. The molecule has 0 aromatic heterocycles. The Labute approximate surface area is 99.6 Å². The molecule has 0 aliphatic heterocycles. The van der Waals surface area contributed by atoms with Crippen molar-refractivity contribution in [2.75, 3.05) is 12.3 Å².